The van der Waals surface area contributed by atoms with E-state index in [1.807, 2.05) is 18.2 Å². The molecule has 1 aromatic carbocycles. The molecule has 0 radical (unpaired) electrons. The molecule has 1 amide bonds. The summed E-state index contributed by atoms with van der Waals surface area (Å²) in [7, 11) is 1.42. The zero-order chi connectivity index (χ0) is 16.7. The number of carbonyl (C=O) groups excluding carboxylic acids is 2. The van der Waals surface area contributed by atoms with Gasteiger partial charge < -0.3 is 10.1 Å². The number of amides is 1. The van der Waals surface area contributed by atoms with E-state index < -0.39 is 0 Å². The summed E-state index contributed by atoms with van der Waals surface area (Å²) in [4.78, 5) is 23.8. The lowest BCUT2D eigenvalue weighted by Gasteiger charge is -2.29. The predicted molar refractivity (Wildman–Crippen MR) is 91.0 cm³/mol. The lowest BCUT2D eigenvalue weighted by molar-refractivity contribution is -0.148. The molecule has 1 aliphatic rings. The molecule has 1 aliphatic carbocycles. The number of ether oxygens (including phenoxy) is 1. The second-order valence-electron chi connectivity index (χ2n) is 5.77. The van der Waals surface area contributed by atoms with Gasteiger partial charge >= 0.3 is 5.97 Å². The minimum atomic E-state index is -0.181. The molecule has 1 N–H and O–H groups in total. The van der Waals surface area contributed by atoms with Crippen molar-refractivity contribution >= 4 is 29.6 Å². The van der Waals surface area contributed by atoms with Crippen LogP contribution in [0.3, 0.4) is 0 Å². The van der Waals surface area contributed by atoms with Crippen LogP contribution in [-0.4, -0.2) is 25.5 Å². The average molecular weight is 336 g/mol. The van der Waals surface area contributed by atoms with E-state index in [0.29, 0.717) is 11.6 Å². The normalized spacial score (nSPS) is 21.1. The molecule has 1 saturated carbocycles. The van der Waals surface area contributed by atoms with Crippen LogP contribution >= 0.6 is 11.6 Å². The molecule has 2 rings (SSSR count). The number of esters is 1. The first-order chi connectivity index (χ1) is 11.1. The van der Waals surface area contributed by atoms with Gasteiger partial charge in [-0.15, -0.1) is 0 Å². The average Bonchev–Trinajstić information content (AvgIpc) is 2.58. The predicted octanol–water partition coefficient (Wildman–Crippen LogP) is 3.45. The Bertz CT molecular complexity index is 585. The zero-order valence-electron chi connectivity index (χ0n) is 13.3. The molecule has 0 aromatic heterocycles. The summed E-state index contributed by atoms with van der Waals surface area (Å²) in [6.07, 6.45) is 7.06. The lowest BCUT2D eigenvalue weighted by Crippen LogP contribution is -2.37. The van der Waals surface area contributed by atoms with Crippen LogP contribution in [0.5, 0.6) is 0 Å². The first kappa shape index (κ1) is 17.5. The van der Waals surface area contributed by atoms with E-state index in [1.165, 1.54) is 13.2 Å². The quantitative estimate of drug-likeness (QED) is 0.662. The maximum atomic E-state index is 12.0. The van der Waals surface area contributed by atoms with Gasteiger partial charge in [0.15, 0.2) is 0 Å². The molecule has 0 saturated heterocycles. The van der Waals surface area contributed by atoms with Gasteiger partial charge in [-0.3, -0.25) is 9.59 Å². The minimum absolute atomic E-state index is 0.110. The number of rotatable bonds is 5. The highest BCUT2D eigenvalue weighted by molar-refractivity contribution is 6.32. The van der Waals surface area contributed by atoms with Crippen LogP contribution in [0.15, 0.2) is 30.3 Å². The van der Waals surface area contributed by atoms with Crippen molar-refractivity contribution in [1.29, 1.82) is 0 Å². The molecule has 2 unspecified atom stereocenters. The van der Waals surface area contributed by atoms with Crippen LogP contribution in [0, 0.1) is 11.8 Å². The molecule has 0 bridgehead atoms. The van der Waals surface area contributed by atoms with Gasteiger partial charge in [0, 0.05) is 17.6 Å². The fourth-order valence-electron chi connectivity index (χ4n) is 2.98. The highest BCUT2D eigenvalue weighted by Crippen LogP contribution is 2.30. The Balaban J connectivity index is 1.88. The van der Waals surface area contributed by atoms with Gasteiger partial charge in [0.2, 0.25) is 5.91 Å². The summed E-state index contributed by atoms with van der Waals surface area (Å²) in [6.45, 7) is 0.492. The number of carbonyl (C=O) groups is 2. The summed E-state index contributed by atoms with van der Waals surface area (Å²) in [5.74, 6) is -0.315. The second-order valence-corrected chi connectivity index (χ2v) is 6.18. The van der Waals surface area contributed by atoms with E-state index in [4.69, 9.17) is 16.3 Å². The molecule has 4 nitrogen and oxygen atoms in total. The van der Waals surface area contributed by atoms with Crippen molar-refractivity contribution in [2.24, 2.45) is 11.8 Å². The van der Waals surface area contributed by atoms with Gasteiger partial charge in [-0.2, -0.15) is 0 Å². The van der Waals surface area contributed by atoms with Crippen molar-refractivity contribution in [3.8, 4) is 0 Å². The van der Waals surface area contributed by atoms with E-state index in [0.717, 1.165) is 31.2 Å². The van der Waals surface area contributed by atoms with Gasteiger partial charge in [0.1, 0.15) is 0 Å². The Morgan fingerprint density at radius 3 is 2.78 bits per heavy atom. The third-order valence-corrected chi connectivity index (χ3v) is 4.62. The van der Waals surface area contributed by atoms with Crippen molar-refractivity contribution in [2.75, 3.05) is 13.7 Å². The largest absolute Gasteiger partial charge is 0.469 e. The molecule has 5 heteroatoms. The van der Waals surface area contributed by atoms with Crippen LogP contribution in [0.4, 0.5) is 0 Å². The van der Waals surface area contributed by atoms with E-state index >= 15 is 0 Å². The van der Waals surface area contributed by atoms with Gasteiger partial charge in [-0.25, -0.2) is 0 Å². The number of benzene rings is 1. The highest BCUT2D eigenvalue weighted by atomic mass is 35.5. The number of nitrogens with one attached hydrogen (secondary N) is 1. The Kier molecular flexibility index (Phi) is 6.66. The molecule has 0 aliphatic heterocycles. The number of hydrogen-bond donors (Lipinski definition) is 1. The van der Waals surface area contributed by atoms with Gasteiger partial charge in [0.25, 0.3) is 0 Å². The van der Waals surface area contributed by atoms with Gasteiger partial charge in [-0.1, -0.05) is 42.6 Å². The van der Waals surface area contributed by atoms with Crippen LogP contribution in [0.25, 0.3) is 6.08 Å². The summed E-state index contributed by atoms with van der Waals surface area (Å²) in [5.41, 5.74) is 0.800. The number of halogens is 1. The topological polar surface area (TPSA) is 55.4 Å². The SMILES string of the molecule is COC(=O)C1CCCCC1CNC(=O)/C=C/c1ccccc1Cl. The van der Waals surface area contributed by atoms with Crippen LogP contribution in [0.1, 0.15) is 31.2 Å². The Labute approximate surface area is 141 Å². The van der Waals surface area contributed by atoms with E-state index in [2.05, 4.69) is 5.32 Å². The maximum absolute atomic E-state index is 12.0. The van der Waals surface area contributed by atoms with Crippen molar-refractivity contribution in [1.82, 2.24) is 5.32 Å². The second kappa shape index (κ2) is 8.73. The monoisotopic (exact) mass is 335 g/mol. The number of hydrogen-bond acceptors (Lipinski definition) is 3. The van der Waals surface area contributed by atoms with Crippen molar-refractivity contribution in [2.45, 2.75) is 25.7 Å². The molecule has 124 valence electrons. The Hall–Kier alpha value is -1.81. The standard InChI is InChI=1S/C18H22ClNO3/c1-23-18(22)15-8-4-2-7-14(15)12-20-17(21)11-10-13-6-3-5-9-16(13)19/h3,5-6,9-11,14-15H,2,4,7-8,12H2,1H3,(H,20,21)/b11-10+. The molecule has 0 spiro atoms. The van der Waals surface area contributed by atoms with E-state index in [-0.39, 0.29) is 23.7 Å². The summed E-state index contributed by atoms with van der Waals surface area (Å²) in [6, 6.07) is 7.34. The number of methoxy groups -OCH3 is 1. The Morgan fingerprint density at radius 2 is 2.04 bits per heavy atom. The maximum Gasteiger partial charge on any atom is 0.309 e. The zero-order valence-corrected chi connectivity index (χ0v) is 14.0. The molecule has 1 aromatic rings. The highest BCUT2D eigenvalue weighted by Gasteiger charge is 2.31. The Morgan fingerprint density at radius 1 is 1.30 bits per heavy atom. The summed E-state index contributed by atoms with van der Waals surface area (Å²) >= 11 is 6.04. The molecule has 0 heterocycles. The molecular weight excluding hydrogens is 314 g/mol. The molecule has 2 atom stereocenters. The first-order valence-corrected chi connectivity index (χ1v) is 8.28. The first-order valence-electron chi connectivity index (χ1n) is 7.90. The molecular formula is C18H22ClNO3. The lowest BCUT2D eigenvalue weighted by atomic mass is 9.79. The van der Waals surface area contributed by atoms with Crippen LogP contribution < -0.4 is 5.32 Å². The minimum Gasteiger partial charge on any atom is -0.469 e. The molecule has 1 fully saturated rings. The smallest absolute Gasteiger partial charge is 0.309 e. The van der Waals surface area contributed by atoms with Crippen molar-refractivity contribution < 1.29 is 14.3 Å². The van der Waals surface area contributed by atoms with Crippen LogP contribution in [-0.2, 0) is 14.3 Å². The van der Waals surface area contributed by atoms with Crippen LogP contribution in [0.2, 0.25) is 5.02 Å². The van der Waals surface area contributed by atoms with Crippen molar-refractivity contribution in [3.05, 3.63) is 40.9 Å². The van der Waals surface area contributed by atoms with E-state index in [1.54, 1.807) is 12.1 Å². The van der Waals surface area contributed by atoms with Crippen molar-refractivity contribution in [3.63, 3.8) is 0 Å². The third kappa shape index (κ3) is 5.10. The summed E-state index contributed by atoms with van der Waals surface area (Å²) in [5, 5.41) is 3.48. The van der Waals surface area contributed by atoms with E-state index in [9.17, 15) is 9.59 Å². The fourth-order valence-corrected chi connectivity index (χ4v) is 3.18. The molecule has 23 heavy (non-hydrogen) atoms. The third-order valence-electron chi connectivity index (χ3n) is 4.27. The van der Waals surface area contributed by atoms with Gasteiger partial charge in [0.05, 0.1) is 13.0 Å². The van der Waals surface area contributed by atoms with Gasteiger partial charge in [-0.05, 0) is 36.5 Å². The fraction of sp³-hybridized carbons (Fsp3) is 0.444. The summed E-state index contributed by atoms with van der Waals surface area (Å²) < 4.78 is 4.86.